The van der Waals surface area contributed by atoms with Crippen molar-refractivity contribution in [3.8, 4) is 11.1 Å². The zero-order chi connectivity index (χ0) is 34.2. The Kier molecular flexibility index (Phi) is 11.0. The Hall–Kier alpha value is -5.18. The predicted molar refractivity (Wildman–Crippen MR) is 187 cm³/mol. The van der Waals surface area contributed by atoms with E-state index in [4.69, 9.17) is 9.47 Å². The molecule has 47 heavy (non-hydrogen) atoms. The van der Waals surface area contributed by atoms with Gasteiger partial charge in [-0.1, -0.05) is 55.5 Å². The molecule has 0 radical (unpaired) electrons. The molecule has 3 aromatic carbocycles. The van der Waals surface area contributed by atoms with Gasteiger partial charge in [0.15, 0.2) is 0 Å². The second-order valence-electron chi connectivity index (χ2n) is 13.1. The number of nitrogens with one attached hydrogen (secondary N) is 2. The van der Waals surface area contributed by atoms with Crippen LogP contribution in [0.15, 0.2) is 91.0 Å². The fourth-order valence-electron chi connectivity index (χ4n) is 4.74. The second-order valence-corrected chi connectivity index (χ2v) is 13.1. The first kappa shape index (κ1) is 34.7. The number of amides is 3. The molecule has 3 amide bonds. The van der Waals surface area contributed by atoms with E-state index in [-0.39, 0.29) is 12.5 Å². The highest BCUT2D eigenvalue weighted by Gasteiger charge is 2.24. The number of carbonyl (C=O) groups is 3. The van der Waals surface area contributed by atoms with E-state index in [0.29, 0.717) is 34.9 Å². The molecule has 1 aromatic heterocycles. The molecule has 0 unspecified atom stereocenters. The Bertz CT molecular complexity index is 1690. The van der Waals surface area contributed by atoms with Gasteiger partial charge in [0.1, 0.15) is 17.0 Å². The number of rotatable bonds is 9. The Balaban J connectivity index is 1.49. The lowest BCUT2D eigenvalue weighted by molar-refractivity contribution is 0.0578. The van der Waals surface area contributed by atoms with Crippen LogP contribution in [-0.4, -0.2) is 40.8 Å². The van der Waals surface area contributed by atoms with Gasteiger partial charge in [0.25, 0.3) is 5.91 Å². The molecule has 0 aliphatic rings. The number of aryl methyl sites for hydroxylation is 1. The van der Waals surface area contributed by atoms with E-state index < -0.39 is 23.4 Å². The fraction of sp³-hybridized carbons (Fsp3) is 0.316. The Morgan fingerprint density at radius 1 is 0.745 bits per heavy atom. The normalized spacial score (nSPS) is 11.4. The van der Waals surface area contributed by atoms with Crippen LogP contribution in [0.25, 0.3) is 11.1 Å². The summed E-state index contributed by atoms with van der Waals surface area (Å²) in [6.07, 6.45) is 0.220. The van der Waals surface area contributed by atoms with Crippen molar-refractivity contribution in [2.75, 3.05) is 22.1 Å². The SMILES string of the molecule is CCc1ccc(-c2ccccc2C(=O)Nc2ccc(N(CCc3cccc(NC(=O)OC(C)(C)C)n3)C(=O)OC(C)(C)C)cc2)cc1. The molecule has 0 fully saturated rings. The Morgan fingerprint density at radius 3 is 2.04 bits per heavy atom. The van der Waals surface area contributed by atoms with Crippen LogP contribution in [0, 0.1) is 0 Å². The van der Waals surface area contributed by atoms with Gasteiger partial charge in [-0.25, -0.2) is 14.6 Å². The van der Waals surface area contributed by atoms with Crippen molar-refractivity contribution in [3.05, 3.63) is 108 Å². The van der Waals surface area contributed by atoms with Crippen LogP contribution >= 0.6 is 0 Å². The average molecular weight is 637 g/mol. The molecule has 0 aliphatic carbocycles. The van der Waals surface area contributed by atoms with Crippen LogP contribution < -0.4 is 15.5 Å². The summed E-state index contributed by atoms with van der Waals surface area (Å²) in [5.74, 6) is 0.114. The van der Waals surface area contributed by atoms with Gasteiger partial charge in [0, 0.05) is 35.6 Å². The van der Waals surface area contributed by atoms with Gasteiger partial charge in [0.05, 0.1) is 0 Å². The van der Waals surface area contributed by atoms with Gasteiger partial charge in [-0.2, -0.15) is 0 Å². The van der Waals surface area contributed by atoms with E-state index in [0.717, 1.165) is 17.5 Å². The predicted octanol–water partition coefficient (Wildman–Crippen LogP) is 8.89. The largest absolute Gasteiger partial charge is 0.444 e. The number of carbonyl (C=O) groups excluding carboxylic acids is 3. The first-order chi connectivity index (χ1) is 22.2. The zero-order valence-electron chi connectivity index (χ0n) is 28.2. The molecule has 0 bridgehead atoms. The van der Waals surface area contributed by atoms with Gasteiger partial charge in [-0.15, -0.1) is 0 Å². The maximum atomic E-state index is 13.4. The highest BCUT2D eigenvalue weighted by molar-refractivity contribution is 6.08. The molecule has 1 heterocycles. The van der Waals surface area contributed by atoms with Crippen LogP contribution in [0.3, 0.4) is 0 Å². The van der Waals surface area contributed by atoms with E-state index in [1.165, 1.54) is 10.5 Å². The molecule has 9 nitrogen and oxygen atoms in total. The molecular formula is C38H44N4O5. The first-order valence-corrected chi connectivity index (χ1v) is 15.8. The van der Waals surface area contributed by atoms with Gasteiger partial charge in [-0.05, 0) is 107 Å². The average Bonchev–Trinajstić information content (AvgIpc) is 3.00. The third-order valence-electron chi connectivity index (χ3n) is 6.92. The summed E-state index contributed by atoms with van der Waals surface area (Å²) >= 11 is 0. The van der Waals surface area contributed by atoms with Gasteiger partial charge in [-0.3, -0.25) is 15.0 Å². The highest BCUT2D eigenvalue weighted by Crippen LogP contribution is 2.26. The molecule has 0 saturated heterocycles. The van der Waals surface area contributed by atoms with Gasteiger partial charge in [0.2, 0.25) is 0 Å². The van der Waals surface area contributed by atoms with E-state index in [1.807, 2.05) is 63.2 Å². The summed E-state index contributed by atoms with van der Waals surface area (Å²) in [4.78, 5) is 45.0. The topological polar surface area (TPSA) is 110 Å². The Labute approximate surface area is 277 Å². The standard InChI is InChI=1S/C38H44N4O5/c1-8-26-16-18-27(19-17-26)31-13-9-10-14-32(31)34(43)40-29-20-22-30(23-21-29)42(36(45)47-38(5,6)7)25-24-28-12-11-15-33(39-28)41-35(44)46-37(2,3)4/h9-23H,8,24-25H2,1-7H3,(H,40,43)(H,39,41,44). The smallest absolute Gasteiger partial charge is 0.414 e. The van der Waals surface area contributed by atoms with Crippen molar-refractivity contribution in [1.29, 1.82) is 0 Å². The van der Waals surface area contributed by atoms with Crippen molar-refractivity contribution in [2.45, 2.75) is 72.5 Å². The van der Waals surface area contributed by atoms with Crippen LogP contribution in [-0.2, 0) is 22.3 Å². The summed E-state index contributed by atoms with van der Waals surface area (Å²) in [5.41, 5.74) is 4.11. The lowest BCUT2D eigenvalue weighted by Gasteiger charge is -2.27. The second kappa shape index (κ2) is 14.9. The summed E-state index contributed by atoms with van der Waals surface area (Å²) in [6, 6.07) is 28.1. The van der Waals surface area contributed by atoms with Gasteiger partial charge >= 0.3 is 12.2 Å². The van der Waals surface area contributed by atoms with Crippen LogP contribution in [0.2, 0.25) is 0 Å². The van der Waals surface area contributed by atoms with E-state index >= 15 is 0 Å². The molecule has 0 spiro atoms. The van der Waals surface area contributed by atoms with Crippen molar-refractivity contribution in [2.24, 2.45) is 0 Å². The highest BCUT2D eigenvalue weighted by atomic mass is 16.6. The number of ether oxygens (including phenoxy) is 2. The summed E-state index contributed by atoms with van der Waals surface area (Å²) in [6.45, 7) is 13.2. The number of benzene rings is 3. The molecule has 0 atom stereocenters. The van der Waals surface area contributed by atoms with Crippen LogP contribution in [0.4, 0.5) is 26.8 Å². The van der Waals surface area contributed by atoms with Gasteiger partial charge < -0.3 is 14.8 Å². The number of pyridine rings is 1. The number of anilines is 3. The van der Waals surface area contributed by atoms with Crippen LogP contribution in [0.5, 0.6) is 0 Å². The minimum Gasteiger partial charge on any atom is -0.444 e. The first-order valence-electron chi connectivity index (χ1n) is 15.8. The monoisotopic (exact) mass is 636 g/mol. The third kappa shape index (κ3) is 10.4. The van der Waals surface area contributed by atoms with Crippen LogP contribution in [0.1, 0.15) is 70.1 Å². The summed E-state index contributed by atoms with van der Waals surface area (Å²) in [5, 5.41) is 5.64. The van der Waals surface area contributed by atoms with E-state index in [9.17, 15) is 14.4 Å². The molecule has 0 saturated carbocycles. The van der Waals surface area contributed by atoms with E-state index in [2.05, 4.69) is 34.7 Å². The Morgan fingerprint density at radius 2 is 1.40 bits per heavy atom. The lowest BCUT2D eigenvalue weighted by atomic mass is 9.98. The number of aromatic nitrogens is 1. The minimum absolute atomic E-state index is 0.233. The number of hydrogen-bond acceptors (Lipinski definition) is 6. The summed E-state index contributed by atoms with van der Waals surface area (Å²) in [7, 11) is 0. The van der Waals surface area contributed by atoms with E-state index in [1.54, 1.807) is 57.2 Å². The molecule has 4 rings (SSSR count). The third-order valence-corrected chi connectivity index (χ3v) is 6.92. The van der Waals surface area contributed by atoms with Crippen molar-refractivity contribution in [1.82, 2.24) is 4.98 Å². The number of nitrogens with zero attached hydrogens (tertiary/aromatic N) is 2. The molecule has 9 heteroatoms. The quantitative estimate of drug-likeness (QED) is 0.190. The maximum Gasteiger partial charge on any atom is 0.414 e. The molecule has 2 N–H and O–H groups in total. The lowest BCUT2D eigenvalue weighted by Crippen LogP contribution is -2.38. The molecule has 246 valence electrons. The maximum absolute atomic E-state index is 13.4. The molecular weight excluding hydrogens is 592 g/mol. The number of hydrogen-bond donors (Lipinski definition) is 2. The summed E-state index contributed by atoms with van der Waals surface area (Å²) < 4.78 is 11.0. The van der Waals surface area contributed by atoms with Crippen molar-refractivity contribution >= 4 is 35.3 Å². The molecule has 4 aromatic rings. The zero-order valence-corrected chi connectivity index (χ0v) is 28.2. The molecule has 0 aliphatic heterocycles. The fourth-order valence-corrected chi connectivity index (χ4v) is 4.74. The van der Waals surface area contributed by atoms with Crippen molar-refractivity contribution < 1.29 is 23.9 Å². The van der Waals surface area contributed by atoms with Crippen molar-refractivity contribution in [3.63, 3.8) is 0 Å². The minimum atomic E-state index is -0.705.